The zero-order valence-corrected chi connectivity index (χ0v) is 19.1. The van der Waals surface area contributed by atoms with Crippen molar-refractivity contribution in [1.82, 2.24) is 9.80 Å². The number of nitrogens with one attached hydrogen (secondary N) is 1. The van der Waals surface area contributed by atoms with Crippen LogP contribution in [-0.4, -0.2) is 34.8 Å². The molecule has 1 aromatic heterocycles. The summed E-state index contributed by atoms with van der Waals surface area (Å²) in [5, 5.41) is 13.8. The highest BCUT2D eigenvalue weighted by Crippen LogP contribution is 2.30. The molecular formula is C26H26N4O2S. The Labute approximate surface area is 198 Å². The molecule has 0 aliphatic heterocycles. The van der Waals surface area contributed by atoms with Crippen molar-refractivity contribution in [1.29, 1.82) is 5.26 Å². The van der Waals surface area contributed by atoms with Crippen LogP contribution < -0.4 is 5.32 Å². The summed E-state index contributed by atoms with van der Waals surface area (Å²) in [6.07, 6.45) is 2.16. The maximum atomic E-state index is 13.4. The number of amides is 3. The van der Waals surface area contributed by atoms with Gasteiger partial charge in [0.15, 0.2) is 0 Å². The average Bonchev–Trinajstić information content (AvgIpc) is 3.51. The second kappa shape index (κ2) is 10.8. The lowest BCUT2D eigenvalue weighted by Gasteiger charge is -2.28. The molecule has 0 atom stereocenters. The summed E-state index contributed by atoms with van der Waals surface area (Å²) in [7, 11) is 0. The van der Waals surface area contributed by atoms with Crippen molar-refractivity contribution in [2.45, 2.75) is 25.9 Å². The molecule has 0 bridgehead atoms. The van der Waals surface area contributed by atoms with Crippen molar-refractivity contribution >= 4 is 29.0 Å². The van der Waals surface area contributed by atoms with Gasteiger partial charge in [-0.3, -0.25) is 4.79 Å². The molecule has 3 aromatic rings. The van der Waals surface area contributed by atoms with Crippen molar-refractivity contribution in [2.24, 2.45) is 5.92 Å². The first-order chi connectivity index (χ1) is 16.1. The Hall–Kier alpha value is -3.63. The Morgan fingerprint density at radius 3 is 2.36 bits per heavy atom. The van der Waals surface area contributed by atoms with E-state index in [1.807, 2.05) is 52.7 Å². The lowest BCUT2D eigenvalue weighted by molar-refractivity contribution is -0.133. The third-order valence-electron chi connectivity index (χ3n) is 5.55. The van der Waals surface area contributed by atoms with Crippen LogP contribution in [0.25, 0.3) is 0 Å². The Morgan fingerprint density at radius 2 is 1.73 bits per heavy atom. The van der Waals surface area contributed by atoms with E-state index in [1.165, 1.54) is 0 Å². The number of rotatable bonds is 9. The minimum absolute atomic E-state index is 0.0246. The Morgan fingerprint density at radius 1 is 0.970 bits per heavy atom. The first kappa shape index (κ1) is 22.6. The Bertz CT molecular complexity index is 1100. The Kier molecular flexibility index (Phi) is 7.38. The quantitative estimate of drug-likeness (QED) is 0.485. The van der Waals surface area contributed by atoms with E-state index >= 15 is 0 Å². The van der Waals surface area contributed by atoms with Gasteiger partial charge >= 0.3 is 6.03 Å². The minimum Gasteiger partial charge on any atom is -0.332 e. The lowest BCUT2D eigenvalue weighted by Crippen LogP contribution is -2.44. The molecule has 4 rings (SSSR count). The van der Waals surface area contributed by atoms with Crippen molar-refractivity contribution in [3.8, 4) is 6.07 Å². The maximum Gasteiger partial charge on any atom is 0.322 e. The summed E-state index contributed by atoms with van der Waals surface area (Å²) in [6, 6.07) is 22.4. The molecule has 1 fully saturated rings. The van der Waals surface area contributed by atoms with Crippen LogP contribution in [0, 0.1) is 17.2 Å². The van der Waals surface area contributed by atoms with E-state index < -0.39 is 0 Å². The summed E-state index contributed by atoms with van der Waals surface area (Å²) in [4.78, 5) is 31.0. The van der Waals surface area contributed by atoms with E-state index in [0.29, 0.717) is 36.8 Å². The van der Waals surface area contributed by atoms with Gasteiger partial charge in [-0.15, -0.1) is 11.3 Å². The van der Waals surface area contributed by atoms with Crippen LogP contribution in [0.3, 0.4) is 0 Å². The van der Waals surface area contributed by atoms with Crippen molar-refractivity contribution in [2.75, 3.05) is 18.4 Å². The molecule has 1 N–H and O–H groups in total. The fraction of sp³-hybridized carbons (Fsp3) is 0.269. The molecule has 0 unspecified atom stereocenters. The van der Waals surface area contributed by atoms with Gasteiger partial charge in [-0.2, -0.15) is 5.26 Å². The highest BCUT2D eigenvalue weighted by molar-refractivity contribution is 7.09. The van der Waals surface area contributed by atoms with Gasteiger partial charge in [-0.25, -0.2) is 4.79 Å². The van der Waals surface area contributed by atoms with E-state index in [0.717, 1.165) is 23.3 Å². The minimum atomic E-state index is -0.296. The van der Waals surface area contributed by atoms with Gasteiger partial charge < -0.3 is 15.1 Å². The van der Waals surface area contributed by atoms with Gasteiger partial charge in [0.25, 0.3) is 0 Å². The molecule has 168 valence electrons. The first-order valence-electron chi connectivity index (χ1n) is 11.0. The molecule has 1 aliphatic carbocycles. The van der Waals surface area contributed by atoms with Crippen LogP contribution in [0.4, 0.5) is 10.5 Å². The molecule has 0 saturated heterocycles. The number of nitrogens with zero attached hydrogens (tertiary/aromatic N) is 3. The normalized spacial score (nSPS) is 12.6. The van der Waals surface area contributed by atoms with Crippen molar-refractivity contribution in [3.63, 3.8) is 0 Å². The van der Waals surface area contributed by atoms with E-state index in [-0.39, 0.29) is 18.5 Å². The van der Waals surface area contributed by atoms with Gasteiger partial charge in [0, 0.05) is 23.7 Å². The summed E-state index contributed by atoms with van der Waals surface area (Å²) in [5.74, 6) is 0.368. The topological polar surface area (TPSA) is 76.4 Å². The van der Waals surface area contributed by atoms with Crippen molar-refractivity contribution in [3.05, 3.63) is 88.1 Å². The largest absolute Gasteiger partial charge is 0.332 e. The molecule has 1 saturated carbocycles. The Balaban J connectivity index is 1.46. The number of carbonyl (C=O) groups excluding carboxylic acids is 2. The summed E-state index contributed by atoms with van der Waals surface area (Å²) in [6.45, 7) is 1.59. The molecule has 0 spiro atoms. The number of benzene rings is 2. The molecule has 1 heterocycles. The molecular weight excluding hydrogens is 432 g/mol. The van der Waals surface area contributed by atoms with Gasteiger partial charge in [-0.1, -0.05) is 36.4 Å². The third-order valence-corrected chi connectivity index (χ3v) is 6.41. The van der Waals surface area contributed by atoms with Crippen LogP contribution in [0.2, 0.25) is 0 Å². The SMILES string of the molecule is N#Cc1ccc(NC(=O)N(CC(=O)N(Cc2ccccc2)Cc2cccs2)CC2CC2)cc1. The summed E-state index contributed by atoms with van der Waals surface area (Å²) >= 11 is 1.62. The fourth-order valence-electron chi connectivity index (χ4n) is 3.55. The van der Waals surface area contributed by atoms with Crippen LogP contribution >= 0.6 is 11.3 Å². The molecule has 3 amide bonds. The van der Waals surface area contributed by atoms with Gasteiger partial charge in [0.1, 0.15) is 6.54 Å². The smallest absolute Gasteiger partial charge is 0.322 e. The third kappa shape index (κ3) is 6.67. The average molecular weight is 459 g/mol. The van der Waals surface area contributed by atoms with E-state index in [4.69, 9.17) is 5.26 Å². The van der Waals surface area contributed by atoms with Crippen LogP contribution in [0.5, 0.6) is 0 Å². The van der Waals surface area contributed by atoms with E-state index in [9.17, 15) is 9.59 Å². The predicted octanol–water partition coefficient (Wildman–Crippen LogP) is 5.09. The zero-order chi connectivity index (χ0) is 23.0. The number of anilines is 1. The standard InChI is InChI=1S/C26H26N4O2S/c27-15-20-10-12-23(13-11-20)28-26(32)30(17-22-8-9-22)19-25(31)29(18-24-7-4-14-33-24)16-21-5-2-1-3-6-21/h1-7,10-14,22H,8-9,16-19H2,(H,28,32). The number of carbonyl (C=O) groups is 2. The van der Waals surface area contributed by atoms with Gasteiger partial charge in [-0.05, 0) is 60.0 Å². The number of urea groups is 1. The second-order valence-electron chi connectivity index (χ2n) is 8.26. The lowest BCUT2D eigenvalue weighted by atomic mass is 10.2. The highest BCUT2D eigenvalue weighted by atomic mass is 32.1. The van der Waals surface area contributed by atoms with Crippen molar-refractivity contribution < 1.29 is 9.59 Å². The highest BCUT2D eigenvalue weighted by Gasteiger charge is 2.29. The van der Waals surface area contributed by atoms with Gasteiger partial charge in [0.05, 0.1) is 18.2 Å². The molecule has 7 heteroatoms. The number of hydrogen-bond donors (Lipinski definition) is 1. The van der Waals surface area contributed by atoms with Crippen LogP contribution in [0.1, 0.15) is 28.8 Å². The van der Waals surface area contributed by atoms with E-state index in [2.05, 4.69) is 11.4 Å². The molecule has 0 radical (unpaired) electrons. The van der Waals surface area contributed by atoms with Gasteiger partial charge in [0.2, 0.25) is 5.91 Å². The first-order valence-corrected chi connectivity index (χ1v) is 11.9. The molecule has 1 aliphatic rings. The number of hydrogen-bond acceptors (Lipinski definition) is 4. The maximum absolute atomic E-state index is 13.4. The number of thiophene rings is 1. The zero-order valence-electron chi connectivity index (χ0n) is 18.3. The summed E-state index contributed by atoms with van der Waals surface area (Å²) in [5.41, 5.74) is 2.19. The van der Waals surface area contributed by atoms with Crippen LogP contribution in [0.15, 0.2) is 72.1 Å². The van der Waals surface area contributed by atoms with Crippen LogP contribution in [-0.2, 0) is 17.9 Å². The predicted molar refractivity (Wildman–Crippen MR) is 129 cm³/mol. The molecule has 33 heavy (non-hydrogen) atoms. The molecule has 6 nitrogen and oxygen atoms in total. The monoisotopic (exact) mass is 458 g/mol. The fourth-order valence-corrected chi connectivity index (χ4v) is 4.27. The van der Waals surface area contributed by atoms with E-state index in [1.54, 1.807) is 40.5 Å². The number of nitriles is 1. The molecule has 2 aromatic carbocycles. The summed E-state index contributed by atoms with van der Waals surface area (Å²) < 4.78 is 0. The second-order valence-corrected chi connectivity index (χ2v) is 9.29.